The standard InChI is InChI=1S/C18H19N3O2S/c1-12-5-4-6-16(13(12)2)20-17(22)18(23)21-19-11-14-7-9-15(24-3)10-8-14/h4-11H,1-3H3,(H,20,22)(H,21,23)/b19-11+. The van der Waals surface area contributed by atoms with Gasteiger partial charge in [0.15, 0.2) is 0 Å². The van der Waals surface area contributed by atoms with E-state index in [0.717, 1.165) is 21.6 Å². The van der Waals surface area contributed by atoms with Crippen LogP contribution in [-0.2, 0) is 9.59 Å². The highest BCUT2D eigenvalue weighted by molar-refractivity contribution is 7.98. The summed E-state index contributed by atoms with van der Waals surface area (Å²) in [4.78, 5) is 24.8. The van der Waals surface area contributed by atoms with Gasteiger partial charge in [0.1, 0.15) is 0 Å². The fourth-order valence-electron chi connectivity index (χ4n) is 1.97. The summed E-state index contributed by atoms with van der Waals surface area (Å²) in [6.07, 6.45) is 3.49. The molecule has 0 aliphatic rings. The third-order valence-corrected chi connectivity index (χ3v) is 4.30. The van der Waals surface area contributed by atoms with E-state index in [1.54, 1.807) is 17.8 Å². The lowest BCUT2D eigenvalue weighted by atomic mass is 10.1. The highest BCUT2D eigenvalue weighted by atomic mass is 32.2. The van der Waals surface area contributed by atoms with Crippen molar-refractivity contribution in [3.63, 3.8) is 0 Å². The third-order valence-electron chi connectivity index (χ3n) is 3.55. The van der Waals surface area contributed by atoms with Crippen molar-refractivity contribution in [3.05, 3.63) is 59.2 Å². The molecule has 124 valence electrons. The van der Waals surface area contributed by atoms with Gasteiger partial charge in [0.25, 0.3) is 0 Å². The molecule has 24 heavy (non-hydrogen) atoms. The van der Waals surface area contributed by atoms with Crippen LogP contribution in [0.3, 0.4) is 0 Å². The van der Waals surface area contributed by atoms with Crippen molar-refractivity contribution >= 4 is 35.5 Å². The molecule has 0 aromatic heterocycles. The van der Waals surface area contributed by atoms with Gasteiger partial charge in [-0.3, -0.25) is 9.59 Å². The van der Waals surface area contributed by atoms with Gasteiger partial charge in [0.05, 0.1) is 6.21 Å². The Balaban J connectivity index is 1.92. The summed E-state index contributed by atoms with van der Waals surface area (Å²) in [5, 5.41) is 6.39. The van der Waals surface area contributed by atoms with E-state index in [9.17, 15) is 9.59 Å². The fourth-order valence-corrected chi connectivity index (χ4v) is 2.38. The van der Waals surface area contributed by atoms with E-state index < -0.39 is 11.8 Å². The van der Waals surface area contributed by atoms with E-state index in [0.29, 0.717) is 5.69 Å². The monoisotopic (exact) mass is 341 g/mol. The molecule has 0 aliphatic heterocycles. The molecule has 0 fully saturated rings. The Morgan fingerprint density at radius 1 is 1.04 bits per heavy atom. The molecule has 0 saturated heterocycles. The van der Waals surface area contributed by atoms with E-state index in [-0.39, 0.29) is 0 Å². The number of rotatable bonds is 4. The molecule has 2 N–H and O–H groups in total. The minimum atomic E-state index is -0.812. The van der Waals surface area contributed by atoms with Crippen molar-refractivity contribution in [2.75, 3.05) is 11.6 Å². The first-order chi connectivity index (χ1) is 11.5. The molecule has 2 rings (SSSR count). The number of thioether (sulfide) groups is 1. The highest BCUT2D eigenvalue weighted by Gasteiger charge is 2.14. The van der Waals surface area contributed by atoms with E-state index in [1.165, 1.54) is 6.21 Å². The van der Waals surface area contributed by atoms with E-state index in [4.69, 9.17) is 0 Å². The van der Waals surface area contributed by atoms with Crippen LogP contribution in [0.5, 0.6) is 0 Å². The molecular weight excluding hydrogens is 322 g/mol. The molecule has 0 heterocycles. The lowest BCUT2D eigenvalue weighted by molar-refractivity contribution is -0.136. The minimum absolute atomic E-state index is 0.617. The number of hydrazone groups is 1. The Labute approximate surface area is 145 Å². The quantitative estimate of drug-likeness (QED) is 0.388. The van der Waals surface area contributed by atoms with Crippen molar-refractivity contribution in [2.45, 2.75) is 18.7 Å². The number of amides is 2. The van der Waals surface area contributed by atoms with Crippen LogP contribution in [0.2, 0.25) is 0 Å². The van der Waals surface area contributed by atoms with Crippen LogP contribution in [-0.4, -0.2) is 24.3 Å². The molecule has 2 aromatic carbocycles. The number of anilines is 1. The number of nitrogens with one attached hydrogen (secondary N) is 2. The molecule has 0 aliphatic carbocycles. The maximum Gasteiger partial charge on any atom is 0.329 e. The van der Waals surface area contributed by atoms with Gasteiger partial charge >= 0.3 is 11.8 Å². The molecule has 6 heteroatoms. The zero-order valence-corrected chi connectivity index (χ0v) is 14.6. The van der Waals surface area contributed by atoms with Crippen molar-refractivity contribution in [1.82, 2.24) is 5.43 Å². The SMILES string of the molecule is CSc1ccc(/C=N/NC(=O)C(=O)Nc2cccc(C)c2C)cc1. The number of benzene rings is 2. The highest BCUT2D eigenvalue weighted by Crippen LogP contribution is 2.17. The Kier molecular flexibility index (Phi) is 6.14. The van der Waals surface area contributed by atoms with Gasteiger partial charge in [-0.05, 0) is 55.0 Å². The average molecular weight is 341 g/mol. The Morgan fingerprint density at radius 3 is 2.42 bits per heavy atom. The van der Waals surface area contributed by atoms with Crippen LogP contribution in [0.4, 0.5) is 5.69 Å². The number of nitrogens with zero attached hydrogens (tertiary/aromatic N) is 1. The molecule has 0 atom stereocenters. The lowest BCUT2D eigenvalue weighted by Gasteiger charge is -2.09. The summed E-state index contributed by atoms with van der Waals surface area (Å²) in [6, 6.07) is 13.2. The number of carbonyl (C=O) groups excluding carboxylic acids is 2. The smallest absolute Gasteiger partial charge is 0.317 e. The molecule has 2 aromatic rings. The van der Waals surface area contributed by atoms with Gasteiger partial charge in [0, 0.05) is 10.6 Å². The molecular formula is C18H19N3O2S. The lowest BCUT2D eigenvalue weighted by Crippen LogP contribution is -2.32. The van der Waals surface area contributed by atoms with Gasteiger partial charge in [0.2, 0.25) is 0 Å². The van der Waals surface area contributed by atoms with Crippen molar-refractivity contribution in [2.24, 2.45) is 5.10 Å². The Bertz CT molecular complexity index is 770. The van der Waals surface area contributed by atoms with Crippen LogP contribution >= 0.6 is 11.8 Å². The first-order valence-corrected chi connectivity index (χ1v) is 8.58. The average Bonchev–Trinajstić information content (AvgIpc) is 2.59. The molecule has 5 nitrogen and oxygen atoms in total. The maximum absolute atomic E-state index is 11.9. The second kappa shape index (κ2) is 8.31. The number of carbonyl (C=O) groups is 2. The van der Waals surface area contributed by atoms with Gasteiger partial charge < -0.3 is 5.32 Å². The van der Waals surface area contributed by atoms with Crippen LogP contribution < -0.4 is 10.7 Å². The third kappa shape index (κ3) is 4.70. The summed E-state index contributed by atoms with van der Waals surface area (Å²) in [5.41, 5.74) is 5.65. The van der Waals surface area contributed by atoms with Crippen LogP contribution in [0.1, 0.15) is 16.7 Å². The van der Waals surface area contributed by atoms with Crippen LogP contribution in [0.15, 0.2) is 52.5 Å². The number of aryl methyl sites for hydroxylation is 1. The van der Waals surface area contributed by atoms with Crippen LogP contribution in [0.25, 0.3) is 0 Å². The van der Waals surface area contributed by atoms with E-state index in [2.05, 4.69) is 15.8 Å². The predicted molar refractivity (Wildman–Crippen MR) is 98.5 cm³/mol. The number of hydrogen-bond donors (Lipinski definition) is 2. The predicted octanol–water partition coefficient (Wildman–Crippen LogP) is 3.11. The fraction of sp³-hybridized carbons (Fsp3) is 0.167. The number of hydrogen-bond acceptors (Lipinski definition) is 4. The zero-order valence-electron chi connectivity index (χ0n) is 13.8. The second-order valence-corrected chi connectivity index (χ2v) is 6.05. The van der Waals surface area contributed by atoms with Crippen molar-refractivity contribution < 1.29 is 9.59 Å². The second-order valence-electron chi connectivity index (χ2n) is 5.17. The summed E-state index contributed by atoms with van der Waals surface area (Å²) < 4.78 is 0. The summed E-state index contributed by atoms with van der Waals surface area (Å²) in [5.74, 6) is -1.56. The normalized spacial score (nSPS) is 10.6. The first kappa shape index (κ1) is 17.7. The largest absolute Gasteiger partial charge is 0.329 e. The molecule has 0 bridgehead atoms. The molecule has 0 radical (unpaired) electrons. The first-order valence-electron chi connectivity index (χ1n) is 7.36. The molecule has 0 spiro atoms. The minimum Gasteiger partial charge on any atom is -0.317 e. The Morgan fingerprint density at radius 2 is 1.75 bits per heavy atom. The van der Waals surface area contributed by atoms with Crippen LogP contribution in [0, 0.1) is 13.8 Å². The van der Waals surface area contributed by atoms with E-state index in [1.807, 2.05) is 56.5 Å². The summed E-state index contributed by atoms with van der Waals surface area (Å²) >= 11 is 1.65. The zero-order chi connectivity index (χ0) is 17.5. The van der Waals surface area contributed by atoms with Gasteiger partial charge in [-0.1, -0.05) is 24.3 Å². The summed E-state index contributed by atoms with van der Waals surface area (Å²) in [7, 11) is 0. The molecule has 2 amide bonds. The topological polar surface area (TPSA) is 70.6 Å². The van der Waals surface area contributed by atoms with Gasteiger partial charge in [-0.15, -0.1) is 11.8 Å². The van der Waals surface area contributed by atoms with Crippen molar-refractivity contribution in [1.29, 1.82) is 0 Å². The maximum atomic E-state index is 11.9. The summed E-state index contributed by atoms with van der Waals surface area (Å²) in [6.45, 7) is 3.83. The van der Waals surface area contributed by atoms with Gasteiger partial charge in [-0.25, -0.2) is 5.43 Å². The van der Waals surface area contributed by atoms with E-state index >= 15 is 0 Å². The molecule has 0 unspecified atom stereocenters. The van der Waals surface area contributed by atoms with Crippen molar-refractivity contribution in [3.8, 4) is 0 Å². The molecule has 0 saturated carbocycles. The van der Waals surface area contributed by atoms with Gasteiger partial charge in [-0.2, -0.15) is 5.10 Å². The Hall–Kier alpha value is -2.60.